The number of benzene rings is 1. The second-order valence-corrected chi connectivity index (χ2v) is 5.62. The van der Waals surface area contributed by atoms with Crippen LogP contribution in [0.4, 0.5) is 0 Å². The highest BCUT2D eigenvalue weighted by Gasteiger charge is 2.21. The summed E-state index contributed by atoms with van der Waals surface area (Å²) >= 11 is 0. The molecule has 2 aromatic rings. The van der Waals surface area contributed by atoms with Gasteiger partial charge in [-0.3, -0.25) is 4.79 Å². The average molecular weight is 256 g/mol. The summed E-state index contributed by atoms with van der Waals surface area (Å²) in [5.41, 5.74) is 2.44. The van der Waals surface area contributed by atoms with Crippen LogP contribution in [0.1, 0.15) is 30.0 Å². The predicted molar refractivity (Wildman–Crippen MR) is 78.8 cm³/mol. The summed E-state index contributed by atoms with van der Waals surface area (Å²) in [4.78, 5) is 17.7. The zero-order valence-corrected chi connectivity index (χ0v) is 11.6. The van der Waals surface area contributed by atoms with E-state index in [-0.39, 0.29) is 5.56 Å². The maximum atomic E-state index is 12.2. The minimum Gasteiger partial charge on any atom is -0.325 e. The van der Waals surface area contributed by atoms with E-state index in [1.807, 2.05) is 18.2 Å². The molecule has 3 rings (SSSR count). The lowest BCUT2D eigenvalue weighted by atomic mass is 9.89. The van der Waals surface area contributed by atoms with Crippen molar-refractivity contribution < 1.29 is 0 Å². The summed E-state index contributed by atoms with van der Waals surface area (Å²) in [7, 11) is 2.16. The summed E-state index contributed by atoms with van der Waals surface area (Å²) in [6, 6.07) is 7.89. The maximum absolute atomic E-state index is 12.2. The molecular weight excluding hydrogens is 236 g/mol. The molecule has 0 atom stereocenters. The van der Waals surface area contributed by atoms with Crippen molar-refractivity contribution in [1.29, 1.82) is 0 Å². The molecule has 0 bridgehead atoms. The van der Waals surface area contributed by atoms with Crippen LogP contribution in [0.5, 0.6) is 0 Å². The van der Waals surface area contributed by atoms with Crippen molar-refractivity contribution in [1.82, 2.24) is 9.88 Å². The summed E-state index contributed by atoms with van der Waals surface area (Å²) in [5, 5.41) is 1.90. The number of likely N-dealkylation sites (tertiary alicyclic amines) is 1. The normalized spacial score (nSPS) is 18.0. The van der Waals surface area contributed by atoms with Crippen molar-refractivity contribution >= 4 is 10.8 Å². The van der Waals surface area contributed by atoms with Gasteiger partial charge >= 0.3 is 0 Å². The lowest BCUT2D eigenvalue weighted by molar-refractivity contribution is 0.253. The minimum atomic E-state index is 0.0510. The number of aryl methyl sites for hydroxylation is 1. The fourth-order valence-electron chi connectivity index (χ4n) is 3.14. The van der Waals surface area contributed by atoms with Gasteiger partial charge in [-0.05, 0) is 56.9 Å². The molecule has 1 aliphatic heterocycles. The van der Waals surface area contributed by atoms with Crippen LogP contribution in [0.25, 0.3) is 10.8 Å². The van der Waals surface area contributed by atoms with Crippen LogP contribution in [0, 0.1) is 6.92 Å². The van der Waals surface area contributed by atoms with Gasteiger partial charge in [0, 0.05) is 17.0 Å². The molecule has 19 heavy (non-hydrogen) atoms. The monoisotopic (exact) mass is 256 g/mol. The first-order valence-electron chi connectivity index (χ1n) is 6.97. The summed E-state index contributed by atoms with van der Waals surface area (Å²) in [5.74, 6) is 0.494. The highest BCUT2D eigenvalue weighted by molar-refractivity contribution is 5.85. The average Bonchev–Trinajstić information content (AvgIpc) is 2.44. The number of piperidine rings is 1. The van der Waals surface area contributed by atoms with Crippen LogP contribution in [0.2, 0.25) is 0 Å². The molecule has 0 amide bonds. The van der Waals surface area contributed by atoms with Crippen molar-refractivity contribution in [2.45, 2.75) is 25.7 Å². The molecule has 0 saturated carbocycles. The number of rotatable bonds is 1. The van der Waals surface area contributed by atoms with Gasteiger partial charge in [0.2, 0.25) is 0 Å². The van der Waals surface area contributed by atoms with E-state index in [1.165, 1.54) is 5.56 Å². The number of aromatic nitrogens is 1. The van der Waals surface area contributed by atoms with Crippen molar-refractivity contribution in [2.75, 3.05) is 20.1 Å². The van der Waals surface area contributed by atoms with Gasteiger partial charge in [-0.1, -0.05) is 18.2 Å². The van der Waals surface area contributed by atoms with Crippen molar-refractivity contribution in [2.24, 2.45) is 0 Å². The molecule has 2 heterocycles. The molecule has 3 heteroatoms. The minimum absolute atomic E-state index is 0.0510. The highest BCUT2D eigenvalue weighted by atomic mass is 16.1. The second kappa shape index (κ2) is 4.82. The molecular formula is C16H20N2O. The summed E-state index contributed by atoms with van der Waals surface area (Å²) in [6.45, 7) is 4.35. The first kappa shape index (κ1) is 12.4. The number of aromatic amines is 1. The molecule has 1 aromatic heterocycles. The molecule has 0 radical (unpaired) electrons. The van der Waals surface area contributed by atoms with E-state index in [0.717, 1.165) is 42.4 Å². The molecule has 0 spiro atoms. The van der Waals surface area contributed by atoms with Crippen molar-refractivity contribution in [3.8, 4) is 0 Å². The molecule has 1 fully saturated rings. The molecule has 1 N–H and O–H groups in total. The van der Waals surface area contributed by atoms with Crippen LogP contribution < -0.4 is 5.56 Å². The van der Waals surface area contributed by atoms with E-state index in [1.54, 1.807) is 0 Å². The number of nitrogens with zero attached hydrogens (tertiary/aromatic N) is 1. The van der Waals surface area contributed by atoms with Gasteiger partial charge in [-0.15, -0.1) is 0 Å². The van der Waals surface area contributed by atoms with Gasteiger partial charge in [0.05, 0.1) is 0 Å². The van der Waals surface area contributed by atoms with E-state index in [9.17, 15) is 4.79 Å². The Morgan fingerprint density at radius 2 is 1.79 bits per heavy atom. The molecule has 3 nitrogen and oxygen atoms in total. The third kappa shape index (κ3) is 2.19. The first-order chi connectivity index (χ1) is 9.16. The fourth-order valence-corrected chi connectivity index (χ4v) is 3.14. The summed E-state index contributed by atoms with van der Waals surface area (Å²) < 4.78 is 0. The zero-order valence-electron chi connectivity index (χ0n) is 11.6. The van der Waals surface area contributed by atoms with Gasteiger partial charge < -0.3 is 9.88 Å². The SMILES string of the molecule is Cc1c(C2CCN(C)CC2)[nH]c(=O)c2ccccc12. The molecule has 0 unspecified atom stereocenters. The van der Waals surface area contributed by atoms with Gasteiger partial charge in [0.15, 0.2) is 0 Å². The Morgan fingerprint density at radius 3 is 2.47 bits per heavy atom. The van der Waals surface area contributed by atoms with Crippen LogP contribution in [0.15, 0.2) is 29.1 Å². The van der Waals surface area contributed by atoms with Crippen molar-refractivity contribution in [3.63, 3.8) is 0 Å². The lowest BCUT2D eigenvalue weighted by Gasteiger charge is -2.29. The Balaban J connectivity index is 2.09. The number of pyridine rings is 1. The van der Waals surface area contributed by atoms with Crippen LogP contribution in [-0.4, -0.2) is 30.0 Å². The number of fused-ring (bicyclic) bond motifs is 1. The molecule has 100 valence electrons. The van der Waals surface area contributed by atoms with E-state index in [0.29, 0.717) is 5.92 Å². The number of nitrogens with one attached hydrogen (secondary N) is 1. The largest absolute Gasteiger partial charge is 0.325 e. The van der Waals surface area contributed by atoms with E-state index < -0.39 is 0 Å². The number of hydrogen-bond donors (Lipinski definition) is 1. The van der Waals surface area contributed by atoms with Crippen LogP contribution >= 0.6 is 0 Å². The Labute approximate surface area is 113 Å². The smallest absolute Gasteiger partial charge is 0.256 e. The van der Waals surface area contributed by atoms with Crippen LogP contribution in [0.3, 0.4) is 0 Å². The quantitative estimate of drug-likeness (QED) is 0.851. The highest BCUT2D eigenvalue weighted by Crippen LogP contribution is 2.30. The standard InChI is InChI=1S/C16H20N2O/c1-11-13-5-3-4-6-14(13)16(19)17-15(11)12-7-9-18(2)10-8-12/h3-6,12H,7-10H2,1-2H3,(H,17,19). The van der Waals surface area contributed by atoms with Crippen molar-refractivity contribution in [3.05, 3.63) is 45.9 Å². The number of hydrogen-bond acceptors (Lipinski definition) is 2. The molecule has 1 saturated heterocycles. The first-order valence-corrected chi connectivity index (χ1v) is 6.97. The van der Waals surface area contributed by atoms with Gasteiger partial charge in [0.1, 0.15) is 0 Å². The predicted octanol–water partition coefficient (Wildman–Crippen LogP) is 2.65. The van der Waals surface area contributed by atoms with E-state index in [2.05, 4.69) is 29.9 Å². The Morgan fingerprint density at radius 1 is 1.16 bits per heavy atom. The van der Waals surface area contributed by atoms with E-state index >= 15 is 0 Å². The maximum Gasteiger partial charge on any atom is 0.256 e. The molecule has 1 aliphatic rings. The van der Waals surface area contributed by atoms with Gasteiger partial charge in [-0.2, -0.15) is 0 Å². The lowest BCUT2D eigenvalue weighted by Crippen LogP contribution is -2.30. The Hall–Kier alpha value is -1.61. The third-order valence-electron chi connectivity index (χ3n) is 4.35. The fraction of sp³-hybridized carbons (Fsp3) is 0.438. The Bertz CT molecular complexity index is 651. The topological polar surface area (TPSA) is 36.1 Å². The third-order valence-corrected chi connectivity index (χ3v) is 4.35. The second-order valence-electron chi connectivity index (χ2n) is 5.62. The van der Waals surface area contributed by atoms with Gasteiger partial charge in [0.25, 0.3) is 5.56 Å². The zero-order chi connectivity index (χ0) is 13.4. The summed E-state index contributed by atoms with van der Waals surface area (Å²) in [6.07, 6.45) is 2.26. The number of H-pyrrole nitrogens is 1. The van der Waals surface area contributed by atoms with Gasteiger partial charge in [-0.25, -0.2) is 0 Å². The van der Waals surface area contributed by atoms with E-state index in [4.69, 9.17) is 0 Å². The van der Waals surface area contributed by atoms with Crippen LogP contribution in [-0.2, 0) is 0 Å². The molecule has 1 aromatic carbocycles. The Kier molecular flexibility index (Phi) is 3.15. The molecule has 0 aliphatic carbocycles.